The zero-order valence-corrected chi connectivity index (χ0v) is 19.7. The van der Waals surface area contributed by atoms with Crippen LogP contribution in [-0.2, 0) is 11.2 Å². The molecule has 2 heterocycles. The number of benzene rings is 2. The number of para-hydroxylation sites is 1. The van der Waals surface area contributed by atoms with Gasteiger partial charge in [-0.25, -0.2) is 0 Å². The fourth-order valence-electron chi connectivity index (χ4n) is 5.87. The molecule has 1 aliphatic carbocycles. The Morgan fingerprint density at radius 3 is 2.67 bits per heavy atom. The van der Waals surface area contributed by atoms with Gasteiger partial charge in [0.2, 0.25) is 5.91 Å². The van der Waals surface area contributed by atoms with Crippen LogP contribution in [0.1, 0.15) is 41.6 Å². The Morgan fingerprint density at radius 2 is 1.88 bits per heavy atom. The molecule has 0 bridgehead atoms. The normalized spacial score (nSPS) is 24.4. The Hall–Kier alpha value is -2.53. The lowest BCUT2D eigenvalue weighted by Crippen LogP contribution is -2.31. The number of likely N-dealkylation sites (tertiary alicyclic amines) is 2. The minimum absolute atomic E-state index is 0.0579. The number of ether oxygens (including phenoxy) is 1. The molecule has 0 N–H and O–H groups in total. The Morgan fingerprint density at radius 1 is 1.06 bits per heavy atom. The first-order valence-electron chi connectivity index (χ1n) is 12.1. The minimum atomic E-state index is 0.0579. The van der Waals surface area contributed by atoms with Crippen LogP contribution in [0.3, 0.4) is 0 Å². The zero-order chi connectivity index (χ0) is 22.8. The van der Waals surface area contributed by atoms with Crippen LogP contribution in [0.25, 0.3) is 0 Å². The molecule has 3 fully saturated rings. The second kappa shape index (κ2) is 9.76. The molecule has 1 saturated carbocycles. The van der Waals surface area contributed by atoms with Gasteiger partial charge in [-0.3, -0.25) is 9.59 Å². The predicted molar refractivity (Wildman–Crippen MR) is 129 cm³/mol. The third-order valence-corrected chi connectivity index (χ3v) is 7.86. The van der Waals surface area contributed by atoms with E-state index in [9.17, 15) is 9.59 Å². The monoisotopic (exact) mass is 466 g/mol. The molecule has 0 aromatic heterocycles. The average molecular weight is 467 g/mol. The van der Waals surface area contributed by atoms with E-state index in [2.05, 4.69) is 12.1 Å². The smallest absolute Gasteiger partial charge is 0.257 e. The highest BCUT2D eigenvalue weighted by molar-refractivity contribution is 6.30. The van der Waals surface area contributed by atoms with Crippen molar-refractivity contribution in [2.45, 2.75) is 32.1 Å². The van der Waals surface area contributed by atoms with Crippen LogP contribution in [0.4, 0.5) is 0 Å². The highest BCUT2D eigenvalue weighted by atomic mass is 35.5. The molecule has 2 aromatic carbocycles. The number of halogens is 1. The Labute approximate surface area is 200 Å². The van der Waals surface area contributed by atoms with Gasteiger partial charge in [0.05, 0.1) is 12.1 Å². The van der Waals surface area contributed by atoms with E-state index in [1.165, 1.54) is 18.4 Å². The van der Waals surface area contributed by atoms with Crippen molar-refractivity contribution in [2.75, 3.05) is 32.8 Å². The van der Waals surface area contributed by atoms with Crippen molar-refractivity contribution in [2.24, 2.45) is 17.8 Å². The second-order valence-corrected chi connectivity index (χ2v) is 10.1. The maximum absolute atomic E-state index is 13.4. The third kappa shape index (κ3) is 4.89. The van der Waals surface area contributed by atoms with Crippen molar-refractivity contribution in [3.63, 3.8) is 0 Å². The molecular weight excluding hydrogens is 436 g/mol. The van der Waals surface area contributed by atoms with Crippen LogP contribution in [0.15, 0.2) is 48.5 Å². The highest BCUT2D eigenvalue weighted by Crippen LogP contribution is 2.44. The fraction of sp³-hybridized carbons (Fsp3) is 0.481. The summed E-state index contributed by atoms with van der Waals surface area (Å²) >= 11 is 6.04. The Balaban J connectivity index is 1.20. The van der Waals surface area contributed by atoms with E-state index >= 15 is 0 Å². The number of rotatable bonds is 7. The first-order chi connectivity index (χ1) is 16.1. The van der Waals surface area contributed by atoms with Gasteiger partial charge >= 0.3 is 0 Å². The van der Waals surface area contributed by atoms with Gasteiger partial charge in [0.15, 0.2) is 0 Å². The van der Waals surface area contributed by atoms with E-state index in [-0.39, 0.29) is 11.8 Å². The van der Waals surface area contributed by atoms with Gasteiger partial charge in [0.1, 0.15) is 12.4 Å². The summed E-state index contributed by atoms with van der Waals surface area (Å²) in [4.78, 5) is 29.1. The van der Waals surface area contributed by atoms with Gasteiger partial charge in [-0.15, -0.1) is 0 Å². The van der Waals surface area contributed by atoms with Gasteiger partial charge < -0.3 is 14.5 Å². The molecular formula is C27H31ClN2O3. The molecule has 0 unspecified atom stereocenters. The molecule has 33 heavy (non-hydrogen) atoms. The van der Waals surface area contributed by atoms with Crippen molar-refractivity contribution in [1.29, 1.82) is 0 Å². The van der Waals surface area contributed by atoms with E-state index < -0.39 is 0 Å². The van der Waals surface area contributed by atoms with Crippen molar-refractivity contribution < 1.29 is 14.3 Å². The van der Waals surface area contributed by atoms with Crippen LogP contribution in [0, 0.1) is 17.8 Å². The molecule has 0 spiro atoms. The lowest BCUT2D eigenvalue weighted by atomic mass is 9.87. The summed E-state index contributed by atoms with van der Waals surface area (Å²) in [6.45, 7) is 3.43. The minimum Gasteiger partial charge on any atom is -0.491 e. The quantitative estimate of drug-likeness (QED) is 0.595. The van der Waals surface area contributed by atoms with E-state index in [0.717, 1.165) is 37.5 Å². The molecule has 6 heteroatoms. The molecule has 174 valence electrons. The standard InChI is InChI=1S/C27H31ClN2O3/c28-22-11-7-19(8-12-22)16-20-9-10-21-17-30(18-24(20)21)27(32)23-4-1-2-5-25(23)33-15-14-29-13-3-6-26(29)31/h1-2,4-5,7-8,11-12,20-21,24H,3,6,9-10,13-18H2/t20-,21-,24-/m1/s1. The van der Waals surface area contributed by atoms with Gasteiger partial charge in [-0.05, 0) is 73.3 Å². The SMILES string of the molecule is O=C1CCCN1CCOc1ccccc1C(=O)N1C[C@H]2CC[C@H](Cc3ccc(Cl)cc3)[C@H]2C1. The summed E-state index contributed by atoms with van der Waals surface area (Å²) in [6.07, 6.45) is 5.02. The van der Waals surface area contributed by atoms with E-state index in [1.807, 2.05) is 46.2 Å². The van der Waals surface area contributed by atoms with Gasteiger partial charge in [-0.1, -0.05) is 35.9 Å². The summed E-state index contributed by atoms with van der Waals surface area (Å²) in [5.41, 5.74) is 1.95. The molecule has 5 rings (SSSR count). The van der Waals surface area contributed by atoms with Crippen molar-refractivity contribution >= 4 is 23.4 Å². The number of carbonyl (C=O) groups excluding carboxylic acids is 2. The lowest BCUT2D eigenvalue weighted by molar-refractivity contribution is -0.128. The topological polar surface area (TPSA) is 49.9 Å². The van der Waals surface area contributed by atoms with Crippen LogP contribution < -0.4 is 4.74 Å². The number of amides is 2. The molecule has 5 nitrogen and oxygen atoms in total. The third-order valence-electron chi connectivity index (χ3n) is 7.61. The lowest BCUT2D eigenvalue weighted by Gasteiger charge is -2.22. The van der Waals surface area contributed by atoms with Crippen molar-refractivity contribution in [1.82, 2.24) is 9.80 Å². The van der Waals surface area contributed by atoms with E-state index in [4.69, 9.17) is 16.3 Å². The van der Waals surface area contributed by atoms with Gasteiger partial charge in [0, 0.05) is 31.1 Å². The molecule has 2 aromatic rings. The number of fused-ring (bicyclic) bond motifs is 1. The highest BCUT2D eigenvalue weighted by Gasteiger charge is 2.44. The molecule has 2 amide bonds. The number of carbonyl (C=O) groups is 2. The number of nitrogens with zero attached hydrogens (tertiary/aromatic N) is 2. The zero-order valence-electron chi connectivity index (χ0n) is 18.9. The second-order valence-electron chi connectivity index (χ2n) is 9.63. The molecule has 3 atom stereocenters. The maximum Gasteiger partial charge on any atom is 0.257 e. The van der Waals surface area contributed by atoms with Crippen LogP contribution in [0.2, 0.25) is 5.02 Å². The summed E-state index contributed by atoms with van der Waals surface area (Å²) in [6, 6.07) is 15.7. The fourth-order valence-corrected chi connectivity index (χ4v) is 5.99. The Kier molecular flexibility index (Phi) is 6.59. The summed E-state index contributed by atoms with van der Waals surface area (Å²) in [7, 11) is 0. The first kappa shape index (κ1) is 22.3. The summed E-state index contributed by atoms with van der Waals surface area (Å²) in [5.74, 6) is 2.61. The summed E-state index contributed by atoms with van der Waals surface area (Å²) in [5, 5.41) is 0.772. The van der Waals surface area contributed by atoms with Gasteiger partial charge in [0.25, 0.3) is 5.91 Å². The number of hydrogen-bond donors (Lipinski definition) is 0. The van der Waals surface area contributed by atoms with Crippen molar-refractivity contribution in [3.05, 3.63) is 64.7 Å². The maximum atomic E-state index is 13.4. The van der Waals surface area contributed by atoms with Gasteiger partial charge in [-0.2, -0.15) is 0 Å². The van der Waals surface area contributed by atoms with Crippen molar-refractivity contribution in [3.8, 4) is 5.75 Å². The molecule has 3 aliphatic rings. The van der Waals surface area contributed by atoms with E-state index in [0.29, 0.717) is 48.6 Å². The Bertz CT molecular complexity index is 1010. The number of hydrogen-bond acceptors (Lipinski definition) is 3. The first-order valence-corrected chi connectivity index (χ1v) is 12.5. The average Bonchev–Trinajstić information content (AvgIpc) is 3.53. The molecule has 0 radical (unpaired) electrons. The summed E-state index contributed by atoms with van der Waals surface area (Å²) < 4.78 is 5.98. The predicted octanol–water partition coefficient (Wildman–Crippen LogP) is 4.68. The molecule has 2 aliphatic heterocycles. The van der Waals surface area contributed by atoms with Crippen LogP contribution in [0.5, 0.6) is 5.75 Å². The van der Waals surface area contributed by atoms with Crippen LogP contribution >= 0.6 is 11.6 Å². The molecule has 2 saturated heterocycles. The largest absolute Gasteiger partial charge is 0.491 e. The van der Waals surface area contributed by atoms with Crippen LogP contribution in [-0.4, -0.2) is 54.4 Å². The van der Waals surface area contributed by atoms with E-state index in [1.54, 1.807) is 0 Å².